The number of hydrogen-bond acceptors (Lipinski definition) is 3. The lowest BCUT2D eigenvalue weighted by atomic mass is 10.0. The summed E-state index contributed by atoms with van der Waals surface area (Å²) in [5.41, 5.74) is 4.34. The Hall–Kier alpha value is -3.60. The minimum absolute atomic E-state index is 0.0450. The highest BCUT2D eigenvalue weighted by Gasteiger charge is 2.30. The van der Waals surface area contributed by atoms with Crippen molar-refractivity contribution in [2.45, 2.75) is 59.5 Å². The Morgan fingerprint density at radius 2 is 1.57 bits per heavy atom. The molecule has 0 heterocycles. The average Bonchev–Trinajstić information content (AvgIpc) is 2.89. The van der Waals surface area contributed by atoms with Gasteiger partial charge in [-0.25, -0.2) is 0 Å². The van der Waals surface area contributed by atoms with Crippen LogP contribution in [-0.4, -0.2) is 35.9 Å². The number of ether oxygens (including phenoxy) is 1. The van der Waals surface area contributed by atoms with E-state index in [0.29, 0.717) is 44.9 Å². The summed E-state index contributed by atoms with van der Waals surface area (Å²) >= 11 is 0. The Kier molecular flexibility index (Phi) is 10.8. The van der Waals surface area contributed by atoms with Crippen molar-refractivity contribution in [1.82, 2.24) is 10.2 Å². The molecule has 0 fully saturated rings. The zero-order chi connectivity index (χ0) is 26.6. The third-order valence-electron chi connectivity index (χ3n) is 6.38. The predicted molar refractivity (Wildman–Crippen MR) is 149 cm³/mol. The first-order valence-electron chi connectivity index (χ1n) is 13.2. The van der Waals surface area contributed by atoms with Gasteiger partial charge < -0.3 is 15.0 Å². The Balaban J connectivity index is 1.79. The largest absolute Gasteiger partial charge is 0.494 e. The van der Waals surface area contributed by atoms with Gasteiger partial charge in [0.2, 0.25) is 11.8 Å². The highest BCUT2D eigenvalue weighted by atomic mass is 16.5. The number of benzene rings is 3. The quantitative estimate of drug-likeness (QED) is 0.298. The number of aryl methyl sites for hydroxylation is 2. The van der Waals surface area contributed by atoms with Crippen LogP contribution >= 0.6 is 0 Å². The third-order valence-corrected chi connectivity index (χ3v) is 6.38. The molecule has 0 spiro atoms. The number of carbonyl (C=O) groups excluding carboxylic acids is 2. The highest BCUT2D eigenvalue weighted by Crippen LogP contribution is 2.19. The smallest absolute Gasteiger partial charge is 0.243 e. The molecule has 0 saturated carbocycles. The van der Waals surface area contributed by atoms with Crippen LogP contribution in [-0.2, 0) is 22.6 Å². The Bertz CT molecular complexity index is 1130. The third kappa shape index (κ3) is 9.09. The Labute approximate surface area is 221 Å². The minimum atomic E-state index is -0.605. The molecule has 0 bridgehead atoms. The maximum atomic E-state index is 13.7. The van der Waals surface area contributed by atoms with Crippen LogP contribution in [0.2, 0.25) is 0 Å². The van der Waals surface area contributed by atoms with Gasteiger partial charge in [0.25, 0.3) is 0 Å². The van der Waals surface area contributed by atoms with Crippen molar-refractivity contribution in [2.75, 3.05) is 13.2 Å². The van der Waals surface area contributed by atoms with Crippen LogP contribution in [0.25, 0.3) is 0 Å². The van der Waals surface area contributed by atoms with Crippen LogP contribution < -0.4 is 10.1 Å². The number of rotatable bonds is 13. The van der Waals surface area contributed by atoms with Gasteiger partial charge in [0, 0.05) is 25.9 Å². The molecule has 5 heteroatoms. The molecule has 0 aliphatic heterocycles. The van der Waals surface area contributed by atoms with Gasteiger partial charge in [-0.3, -0.25) is 9.59 Å². The van der Waals surface area contributed by atoms with E-state index in [1.54, 1.807) is 4.90 Å². The molecule has 0 saturated heterocycles. The highest BCUT2D eigenvalue weighted by molar-refractivity contribution is 5.88. The predicted octanol–water partition coefficient (Wildman–Crippen LogP) is 5.87. The number of carbonyl (C=O) groups is 2. The SMILES string of the molecule is Cc1ccc(OCCCC(=O)N(Cc2ccccc2C)C(Cc2ccccc2)C(=O)NCC(C)C)cc1. The van der Waals surface area contributed by atoms with Gasteiger partial charge >= 0.3 is 0 Å². The first-order valence-corrected chi connectivity index (χ1v) is 13.2. The molecule has 37 heavy (non-hydrogen) atoms. The zero-order valence-electron chi connectivity index (χ0n) is 22.6. The molecule has 0 aromatic heterocycles. The van der Waals surface area contributed by atoms with Crippen molar-refractivity contribution < 1.29 is 14.3 Å². The molecule has 1 atom stereocenters. The maximum Gasteiger partial charge on any atom is 0.243 e. The van der Waals surface area contributed by atoms with Crippen LogP contribution in [0, 0.1) is 19.8 Å². The van der Waals surface area contributed by atoms with Crippen LogP contribution in [0.1, 0.15) is 48.9 Å². The van der Waals surface area contributed by atoms with E-state index in [1.165, 1.54) is 5.56 Å². The fourth-order valence-electron chi connectivity index (χ4n) is 4.14. The topological polar surface area (TPSA) is 58.6 Å². The summed E-state index contributed by atoms with van der Waals surface area (Å²) in [5.74, 6) is 0.956. The van der Waals surface area contributed by atoms with Crippen LogP contribution in [0.5, 0.6) is 5.75 Å². The van der Waals surface area contributed by atoms with E-state index in [1.807, 2.05) is 92.7 Å². The number of nitrogens with one attached hydrogen (secondary N) is 1. The van der Waals surface area contributed by atoms with Gasteiger partial charge in [-0.05, 0) is 55.0 Å². The van der Waals surface area contributed by atoms with Gasteiger partial charge in [0.05, 0.1) is 6.61 Å². The first-order chi connectivity index (χ1) is 17.8. The van der Waals surface area contributed by atoms with E-state index in [-0.39, 0.29) is 11.8 Å². The van der Waals surface area contributed by atoms with E-state index in [9.17, 15) is 9.59 Å². The summed E-state index contributed by atoms with van der Waals surface area (Å²) in [4.78, 5) is 28.9. The lowest BCUT2D eigenvalue weighted by Crippen LogP contribution is -2.51. The Morgan fingerprint density at radius 1 is 0.892 bits per heavy atom. The van der Waals surface area contributed by atoms with Gasteiger partial charge in [0.1, 0.15) is 11.8 Å². The summed E-state index contributed by atoms with van der Waals surface area (Å²) in [6.45, 7) is 9.61. The minimum Gasteiger partial charge on any atom is -0.494 e. The van der Waals surface area contributed by atoms with Crippen molar-refractivity contribution >= 4 is 11.8 Å². The lowest BCUT2D eigenvalue weighted by molar-refractivity contribution is -0.141. The van der Waals surface area contributed by atoms with Crippen molar-refractivity contribution in [3.8, 4) is 5.75 Å². The first kappa shape index (κ1) is 28.0. The fourth-order valence-corrected chi connectivity index (χ4v) is 4.14. The summed E-state index contributed by atoms with van der Waals surface area (Å²) in [6, 6.07) is 25.2. The molecular weight excluding hydrogens is 460 g/mol. The van der Waals surface area contributed by atoms with Crippen molar-refractivity contribution in [2.24, 2.45) is 5.92 Å². The monoisotopic (exact) mass is 500 g/mol. The van der Waals surface area contributed by atoms with E-state index in [0.717, 1.165) is 22.4 Å². The van der Waals surface area contributed by atoms with Gasteiger partial charge in [-0.1, -0.05) is 86.1 Å². The van der Waals surface area contributed by atoms with Crippen molar-refractivity contribution in [3.05, 3.63) is 101 Å². The normalized spacial score (nSPS) is 11.7. The molecule has 196 valence electrons. The van der Waals surface area contributed by atoms with E-state index < -0.39 is 6.04 Å². The summed E-state index contributed by atoms with van der Waals surface area (Å²) in [5, 5.41) is 3.07. The number of amides is 2. The maximum absolute atomic E-state index is 13.7. The van der Waals surface area contributed by atoms with Gasteiger partial charge in [-0.15, -0.1) is 0 Å². The fraction of sp³-hybridized carbons (Fsp3) is 0.375. The van der Waals surface area contributed by atoms with E-state index in [4.69, 9.17) is 4.74 Å². The van der Waals surface area contributed by atoms with Crippen LogP contribution in [0.3, 0.4) is 0 Å². The Morgan fingerprint density at radius 3 is 2.24 bits per heavy atom. The molecule has 2 amide bonds. The second kappa shape index (κ2) is 14.2. The van der Waals surface area contributed by atoms with Gasteiger partial charge in [0.15, 0.2) is 0 Å². The van der Waals surface area contributed by atoms with Gasteiger partial charge in [-0.2, -0.15) is 0 Å². The summed E-state index contributed by atoms with van der Waals surface area (Å²) < 4.78 is 5.85. The lowest BCUT2D eigenvalue weighted by Gasteiger charge is -2.32. The number of nitrogens with zero attached hydrogens (tertiary/aromatic N) is 1. The van der Waals surface area contributed by atoms with Crippen LogP contribution in [0.4, 0.5) is 0 Å². The summed E-state index contributed by atoms with van der Waals surface area (Å²) in [6.07, 6.45) is 1.34. The average molecular weight is 501 g/mol. The molecule has 1 unspecified atom stereocenters. The molecule has 3 rings (SSSR count). The van der Waals surface area contributed by atoms with Crippen molar-refractivity contribution in [1.29, 1.82) is 0 Å². The molecule has 3 aromatic rings. The second-order valence-electron chi connectivity index (χ2n) is 10.1. The molecule has 3 aromatic carbocycles. The standard InChI is InChI=1S/C32H40N2O3/c1-24(2)22-33-32(36)30(21-27-12-6-5-7-13-27)34(23-28-14-9-8-11-26(28)4)31(35)15-10-20-37-29-18-16-25(3)17-19-29/h5-9,11-14,16-19,24,30H,10,15,20-23H2,1-4H3,(H,33,36). The molecule has 0 aliphatic carbocycles. The summed E-state index contributed by atoms with van der Waals surface area (Å²) in [7, 11) is 0. The molecule has 5 nitrogen and oxygen atoms in total. The van der Waals surface area contributed by atoms with Crippen molar-refractivity contribution in [3.63, 3.8) is 0 Å². The molecule has 0 aliphatic rings. The molecular formula is C32H40N2O3. The van der Waals surface area contributed by atoms with E-state index in [2.05, 4.69) is 19.2 Å². The van der Waals surface area contributed by atoms with E-state index >= 15 is 0 Å². The second-order valence-corrected chi connectivity index (χ2v) is 10.1. The zero-order valence-corrected chi connectivity index (χ0v) is 22.6. The molecule has 1 N–H and O–H groups in total. The van der Waals surface area contributed by atoms with Crippen LogP contribution in [0.15, 0.2) is 78.9 Å². The number of hydrogen-bond donors (Lipinski definition) is 1. The molecule has 0 radical (unpaired) electrons.